The molecule has 1 fully saturated rings. The normalized spacial score (nSPS) is 24.4. The molecule has 2 atom stereocenters. The van der Waals surface area contributed by atoms with Crippen LogP contribution in [0.4, 0.5) is 0 Å². The van der Waals surface area contributed by atoms with Crippen LogP contribution < -0.4 is 0 Å². The second-order valence-corrected chi connectivity index (χ2v) is 8.42. The van der Waals surface area contributed by atoms with E-state index in [1.54, 1.807) is 0 Å². The van der Waals surface area contributed by atoms with Gasteiger partial charge in [-0.15, -0.1) is 0 Å². The molecule has 0 saturated heterocycles. The minimum Gasteiger partial charge on any atom is -0.292 e. The van der Waals surface area contributed by atoms with Crippen molar-refractivity contribution in [2.75, 3.05) is 7.05 Å². The number of rotatable bonds is 2. The SMILES string of the molecule is CN1N=C2/C(=C\c3ccccc3Br)CCC[C@H]2[C@@H]1c1ccccc1Br. The summed E-state index contributed by atoms with van der Waals surface area (Å²) in [7, 11) is 2.10. The van der Waals surface area contributed by atoms with Gasteiger partial charge in [0.1, 0.15) is 0 Å². The van der Waals surface area contributed by atoms with E-state index in [0.717, 1.165) is 10.9 Å². The lowest BCUT2D eigenvalue weighted by molar-refractivity contribution is 0.241. The van der Waals surface area contributed by atoms with Crippen LogP contribution in [0.15, 0.2) is 68.2 Å². The van der Waals surface area contributed by atoms with E-state index in [4.69, 9.17) is 5.10 Å². The summed E-state index contributed by atoms with van der Waals surface area (Å²) < 4.78 is 2.31. The van der Waals surface area contributed by atoms with Crippen LogP contribution >= 0.6 is 31.9 Å². The number of hydrogen-bond donors (Lipinski definition) is 0. The summed E-state index contributed by atoms with van der Waals surface area (Å²) in [5.41, 5.74) is 5.21. The highest BCUT2D eigenvalue weighted by Gasteiger charge is 2.40. The molecule has 0 bridgehead atoms. The molecule has 128 valence electrons. The molecule has 0 unspecified atom stereocenters. The maximum absolute atomic E-state index is 4.96. The number of hydrogen-bond acceptors (Lipinski definition) is 2. The molecule has 0 radical (unpaired) electrons. The summed E-state index contributed by atoms with van der Waals surface area (Å²) in [5, 5.41) is 7.11. The summed E-state index contributed by atoms with van der Waals surface area (Å²) in [4.78, 5) is 0. The monoisotopic (exact) mass is 458 g/mol. The molecule has 1 heterocycles. The van der Waals surface area contributed by atoms with Crippen LogP contribution in [0.25, 0.3) is 6.08 Å². The molecule has 2 aliphatic rings. The van der Waals surface area contributed by atoms with E-state index in [0.29, 0.717) is 12.0 Å². The first kappa shape index (κ1) is 17.0. The van der Waals surface area contributed by atoms with Gasteiger partial charge in [0.15, 0.2) is 0 Å². The van der Waals surface area contributed by atoms with Crippen LogP contribution in [-0.2, 0) is 0 Å². The highest BCUT2D eigenvalue weighted by Crippen LogP contribution is 2.45. The van der Waals surface area contributed by atoms with Gasteiger partial charge in [-0.1, -0.05) is 68.3 Å². The summed E-state index contributed by atoms with van der Waals surface area (Å²) in [6.07, 6.45) is 5.83. The van der Waals surface area contributed by atoms with E-state index in [1.165, 1.54) is 39.7 Å². The Kier molecular flexibility index (Phi) is 4.83. The molecule has 4 heteroatoms. The van der Waals surface area contributed by atoms with Gasteiger partial charge < -0.3 is 0 Å². The van der Waals surface area contributed by atoms with Gasteiger partial charge >= 0.3 is 0 Å². The second kappa shape index (κ2) is 7.08. The van der Waals surface area contributed by atoms with Crippen LogP contribution in [0.2, 0.25) is 0 Å². The van der Waals surface area contributed by atoms with E-state index in [2.05, 4.69) is 98.5 Å². The summed E-state index contributed by atoms with van der Waals surface area (Å²) in [6, 6.07) is 17.2. The molecule has 1 aliphatic carbocycles. The van der Waals surface area contributed by atoms with Crippen molar-refractivity contribution in [2.45, 2.75) is 25.3 Å². The Labute approximate surface area is 165 Å². The molecule has 1 saturated carbocycles. The fourth-order valence-corrected chi connectivity index (χ4v) is 4.93. The molecule has 2 nitrogen and oxygen atoms in total. The first-order valence-corrected chi connectivity index (χ1v) is 10.2. The summed E-state index contributed by atoms with van der Waals surface area (Å²) in [5.74, 6) is 0.464. The van der Waals surface area contributed by atoms with E-state index >= 15 is 0 Å². The van der Waals surface area contributed by atoms with E-state index < -0.39 is 0 Å². The highest BCUT2D eigenvalue weighted by atomic mass is 79.9. The topological polar surface area (TPSA) is 15.6 Å². The number of benzene rings is 2. The minimum absolute atomic E-state index is 0.313. The number of halogens is 2. The molecule has 0 N–H and O–H groups in total. The number of fused-ring (bicyclic) bond motifs is 1. The number of nitrogens with zero attached hydrogens (tertiary/aromatic N) is 2. The van der Waals surface area contributed by atoms with Crippen LogP contribution in [-0.4, -0.2) is 17.8 Å². The van der Waals surface area contributed by atoms with E-state index in [-0.39, 0.29) is 0 Å². The largest absolute Gasteiger partial charge is 0.292 e. The van der Waals surface area contributed by atoms with E-state index in [1.807, 2.05) is 0 Å². The predicted octanol–water partition coefficient (Wildman–Crippen LogP) is 6.44. The number of hydrazone groups is 1. The van der Waals surface area contributed by atoms with Crippen molar-refractivity contribution < 1.29 is 0 Å². The van der Waals surface area contributed by atoms with Crippen molar-refractivity contribution in [3.63, 3.8) is 0 Å². The Morgan fingerprint density at radius 2 is 1.76 bits per heavy atom. The van der Waals surface area contributed by atoms with E-state index in [9.17, 15) is 0 Å². The fourth-order valence-electron chi connectivity index (χ4n) is 4.01. The Bertz CT molecular complexity index is 856. The second-order valence-electron chi connectivity index (χ2n) is 6.72. The van der Waals surface area contributed by atoms with Gasteiger partial charge in [0.25, 0.3) is 0 Å². The third kappa shape index (κ3) is 3.22. The molecule has 25 heavy (non-hydrogen) atoms. The van der Waals surface area contributed by atoms with Crippen LogP contribution in [0.1, 0.15) is 36.4 Å². The summed E-state index contributed by atoms with van der Waals surface area (Å²) >= 11 is 7.39. The van der Waals surface area contributed by atoms with Gasteiger partial charge in [-0.3, -0.25) is 5.01 Å². The zero-order valence-corrected chi connectivity index (χ0v) is 17.3. The minimum atomic E-state index is 0.313. The average molecular weight is 460 g/mol. The van der Waals surface area contributed by atoms with Gasteiger partial charge in [-0.05, 0) is 54.2 Å². The standard InChI is InChI=1S/C21H20Br2N2/c1-25-21(16-9-3-5-12-19(16)23)17-10-6-8-15(20(17)24-25)13-14-7-2-4-11-18(14)22/h2-5,7,9,11-13,17,21H,6,8,10H2,1H3/b15-13-/t17-,21+/m1/s1. The Hall–Kier alpha value is -1.39. The molecule has 0 spiro atoms. The van der Waals surface area contributed by atoms with Crippen LogP contribution in [0.5, 0.6) is 0 Å². The third-order valence-electron chi connectivity index (χ3n) is 5.15. The first-order valence-electron chi connectivity index (χ1n) is 8.66. The highest BCUT2D eigenvalue weighted by molar-refractivity contribution is 9.10. The molecular weight excluding hydrogens is 440 g/mol. The van der Waals surface area contributed by atoms with Crippen molar-refractivity contribution in [3.8, 4) is 0 Å². The molecule has 2 aromatic carbocycles. The molecular formula is C21H20Br2N2. The zero-order valence-electron chi connectivity index (χ0n) is 14.1. The lowest BCUT2D eigenvalue weighted by Gasteiger charge is -2.29. The molecule has 2 aromatic rings. The Morgan fingerprint density at radius 1 is 1.04 bits per heavy atom. The Balaban J connectivity index is 1.71. The maximum atomic E-state index is 4.96. The summed E-state index contributed by atoms with van der Waals surface area (Å²) in [6.45, 7) is 0. The zero-order chi connectivity index (χ0) is 17.4. The third-order valence-corrected chi connectivity index (χ3v) is 6.59. The Morgan fingerprint density at radius 3 is 2.52 bits per heavy atom. The van der Waals surface area contributed by atoms with Crippen LogP contribution in [0, 0.1) is 5.92 Å². The molecule has 1 aliphatic heterocycles. The predicted molar refractivity (Wildman–Crippen MR) is 112 cm³/mol. The van der Waals surface area contributed by atoms with Crippen molar-refractivity contribution in [2.24, 2.45) is 11.0 Å². The quantitative estimate of drug-likeness (QED) is 0.504. The van der Waals surface area contributed by atoms with Gasteiger partial charge in [0, 0.05) is 21.9 Å². The smallest absolute Gasteiger partial charge is 0.0812 e. The van der Waals surface area contributed by atoms with Gasteiger partial charge in [0.2, 0.25) is 0 Å². The average Bonchev–Trinajstić information content (AvgIpc) is 2.94. The molecule has 0 aromatic heterocycles. The van der Waals surface area contributed by atoms with Gasteiger partial charge in [-0.2, -0.15) is 5.10 Å². The van der Waals surface area contributed by atoms with Gasteiger partial charge in [0.05, 0.1) is 11.8 Å². The van der Waals surface area contributed by atoms with Crippen LogP contribution in [0.3, 0.4) is 0 Å². The fraction of sp³-hybridized carbons (Fsp3) is 0.286. The number of allylic oxidation sites excluding steroid dienone is 1. The lowest BCUT2D eigenvalue weighted by Crippen LogP contribution is -2.26. The maximum Gasteiger partial charge on any atom is 0.0812 e. The lowest BCUT2D eigenvalue weighted by atomic mass is 9.77. The van der Waals surface area contributed by atoms with Crippen molar-refractivity contribution in [1.82, 2.24) is 5.01 Å². The molecule has 4 rings (SSSR count). The molecule has 0 amide bonds. The van der Waals surface area contributed by atoms with Crippen molar-refractivity contribution in [3.05, 3.63) is 74.2 Å². The van der Waals surface area contributed by atoms with Crippen molar-refractivity contribution in [1.29, 1.82) is 0 Å². The van der Waals surface area contributed by atoms with Crippen molar-refractivity contribution >= 4 is 43.6 Å². The first-order chi connectivity index (χ1) is 12.1. The van der Waals surface area contributed by atoms with Gasteiger partial charge in [-0.25, -0.2) is 0 Å².